The largest absolute Gasteiger partial charge is 0.481 e. The van der Waals surface area contributed by atoms with Crippen LogP contribution in [0, 0.1) is 5.92 Å². The van der Waals surface area contributed by atoms with Gasteiger partial charge in [-0.2, -0.15) is 0 Å². The fourth-order valence-corrected chi connectivity index (χ4v) is 2.85. The van der Waals surface area contributed by atoms with Crippen molar-refractivity contribution in [3.8, 4) is 0 Å². The highest BCUT2D eigenvalue weighted by Crippen LogP contribution is 2.25. The van der Waals surface area contributed by atoms with E-state index < -0.39 is 11.9 Å². The molecule has 0 aromatic heterocycles. The van der Waals surface area contributed by atoms with Crippen molar-refractivity contribution in [1.29, 1.82) is 0 Å². The first kappa shape index (κ1) is 17.7. The highest BCUT2D eigenvalue weighted by molar-refractivity contribution is 5.85. The number of aliphatic carboxylic acids is 1. The standard InChI is InChI=1S/C20H23NO3/c1-14(2)18(16-11-7-4-8-12-16)19(22)21-13-17(20(23)24)15-9-5-3-6-10-15/h3-12,14,17-18H,13H2,1-2H3,(H,21,22)(H,23,24). The molecule has 0 radical (unpaired) electrons. The molecule has 4 heteroatoms. The number of carboxylic acids is 1. The van der Waals surface area contributed by atoms with Gasteiger partial charge in [0.25, 0.3) is 0 Å². The Morgan fingerprint density at radius 3 is 1.88 bits per heavy atom. The fraction of sp³-hybridized carbons (Fsp3) is 0.300. The second-order valence-electron chi connectivity index (χ2n) is 6.18. The molecule has 0 saturated carbocycles. The van der Waals surface area contributed by atoms with E-state index in [-0.39, 0.29) is 24.3 Å². The lowest BCUT2D eigenvalue weighted by Gasteiger charge is -2.22. The molecule has 24 heavy (non-hydrogen) atoms. The van der Waals surface area contributed by atoms with Crippen LogP contribution < -0.4 is 5.32 Å². The van der Waals surface area contributed by atoms with Crippen molar-refractivity contribution >= 4 is 11.9 Å². The van der Waals surface area contributed by atoms with Gasteiger partial charge in [0.05, 0.1) is 11.8 Å². The lowest BCUT2D eigenvalue weighted by atomic mass is 9.87. The van der Waals surface area contributed by atoms with E-state index in [1.165, 1.54) is 0 Å². The Bertz CT molecular complexity index is 668. The zero-order valence-electron chi connectivity index (χ0n) is 14.0. The lowest BCUT2D eigenvalue weighted by Crippen LogP contribution is -2.36. The Labute approximate surface area is 142 Å². The lowest BCUT2D eigenvalue weighted by molar-refractivity contribution is -0.138. The third-order valence-electron chi connectivity index (χ3n) is 4.09. The van der Waals surface area contributed by atoms with Crippen LogP contribution in [0.2, 0.25) is 0 Å². The average Bonchev–Trinajstić information content (AvgIpc) is 2.56. The van der Waals surface area contributed by atoms with Gasteiger partial charge in [0, 0.05) is 6.54 Å². The highest BCUT2D eigenvalue weighted by Gasteiger charge is 2.26. The quantitative estimate of drug-likeness (QED) is 0.820. The van der Waals surface area contributed by atoms with Crippen LogP contribution in [-0.4, -0.2) is 23.5 Å². The number of rotatable bonds is 7. The van der Waals surface area contributed by atoms with Gasteiger partial charge in [-0.15, -0.1) is 0 Å². The molecule has 126 valence electrons. The Hall–Kier alpha value is -2.62. The van der Waals surface area contributed by atoms with E-state index in [1.54, 1.807) is 24.3 Å². The zero-order chi connectivity index (χ0) is 17.5. The maximum absolute atomic E-state index is 12.6. The van der Waals surface area contributed by atoms with Crippen molar-refractivity contribution in [2.75, 3.05) is 6.54 Å². The minimum absolute atomic E-state index is 0.0776. The molecule has 0 aliphatic carbocycles. The van der Waals surface area contributed by atoms with Crippen LogP contribution in [0.25, 0.3) is 0 Å². The van der Waals surface area contributed by atoms with E-state index in [0.29, 0.717) is 5.56 Å². The number of benzene rings is 2. The van der Waals surface area contributed by atoms with Crippen molar-refractivity contribution in [3.63, 3.8) is 0 Å². The minimum Gasteiger partial charge on any atom is -0.481 e. The number of carbonyl (C=O) groups is 2. The van der Waals surface area contributed by atoms with Crippen LogP contribution in [0.4, 0.5) is 0 Å². The van der Waals surface area contributed by atoms with E-state index in [4.69, 9.17) is 0 Å². The summed E-state index contributed by atoms with van der Waals surface area (Å²) in [7, 11) is 0. The van der Waals surface area contributed by atoms with E-state index in [9.17, 15) is 14.7 Å². The molecule has 1 amide bonds. The second-order valence-corrected chi connectivity index (χ2v) is 6.18. The van der Waals surface area contributed by atoms with Crippen LogP contribution in [-0.2, 0) is 9.59 Å². The van der Waals surface area contributed by atoms with Crippen molar-refractivity contribution in [2.45, 2.75) is 25.7 Å². The topological polar surface area (TPSA) is 66.4 Å². The Morgan fingerprint density at radius 2 is 1.42 bits per heavy atom. The van der Waals surface area contributed by atoms with Crippen LogP contribution in [0.3, 0.4) is 0 Å². The molecular formula is C20H23NO3. The molecule has 0 fully saturated rings. The average molecular weight is 325 g/mol. The third-order valence-corrected chi connectivity index (χ3v) is 4.09. The summed E-state index contributed by atoms with van der Waals surface area (Å²) in [6.07, 6.45) is 0. The summed E-state index contributed by atoms with van der Waals surface area (Å²) in [4.78, 5) is 24.2. The molecule has 2 rings (SSSR count). The van der Waals surface area contributed by atoms with Gasteiger partial charge in [0.2, 0.25) is 5.91 Å². The number of hydrogen-bond acceptors (Lipinski definition) is 2. The molecule has 0 bridgehead atoms. The van der Waals surface area contributed by atoms with Crippen LogP contribution >= 0.6 is 0 Å². The predicted octanol–water partition coefficient (Wildman–Crippen LogP) is 3.41. The summed E-state index contributed by atoms with van der Waals surface area (Å²) in [5, 5.41) is 12.3. The van der Waals surface area contributed by atoms with Gasteiger partial charge in [-0.3, -0.25) is 9.59 Å². The molecule has 0 aliphatic rings. The van der Waals surface area contributed by atoms with E-state index in [0.717, 1.165) is 5.56 Å². The summed E-state index contributed by atoms with van der Waals surface area (Å²) in [5.74, 6) is -2.01. The number of hydrogen-bond donors (Lipinski definition) is 2. The number of carbonyl (C=O) groups excluding carboxylic acids is 1. The van der Waals surface area contributed by atoms with Gasteiger partial charge < -0.3 is 10.4 Å². The first-order valence-corrected chi connectivity index (χ1v) is 8.11. The van der Waals surface area contributed by atoms with Gasteiger partial charge in [-0.25, -0.2) is 0 Å². The first-order chi connectivity index (χ1) is 11.5. The normalized spacial score (nSPS) is 13.3. The molecule has 0 spiro atoms. The summed E-state index contributed by atoms with van der Waals surface area (Å²) in [6.45, 7) is 4.06. The zero-order valence-corrected chi connectivity index (χ0v) is 14.0. The van der Waals surface area contributed by atoms with Gasteiger partial charge in [-0.1, -0.05) is 74.5 Å². The summed E-state index contributed by atoms with van der Waals surface area (Å²) in [6, 6.07) is 18.5. The van der Waals surface area contributed by atoms with Gasteiger partial charge in [-0.05, 0) is 17.0 Å². The third kappa shape index (κ3) is 4.44. The predicted molar refractivity (Wildman–Crippen MR) is 93.8 cm³/mol. The molecule has 2 N–H and O–H groups in total. The van der Waals surface area contributed by atoms with E-state index in [2.05, 4.69) is 5.32 Å². The van der Waals surface area contributed by atoms with Crippen LogP contribution in [0.15, 0.2) is 60.7 Å². The molecule has 2 aromatic rings. The molecular weight excluding hydrogens is 302 g/mol. The maximum atomic E-state index is 12.6. The smallest absolute Gasteiger partial charge is 0.312 e. The fourth-order valence-electron chi connectivity index (χ4n) is 2.85. The van der Waals surface area contributed by atoms with E-state index >= 15 is 0 Å². The summed E-state index contributed by atoms with van der Waals surface area (Å²) < 4.78 is 0. The van der Waals surface area contributed by atoms with Gasteiger partial charge in [0.1, 0.15) is 0 Å². The first-order valence-electron chi connectivity index (χ1n) is 8.11. The molecule has 2 atom stereocenters. The van der Waals surface area contributed by atoms with Crippen molar-refractivity contribution in [2.24, 2.45) is 5.92 Å². The number of amides is 1. The SMILES string of the molecule is CC(C)C(C(=O)NCC(C(=O)O)c1ccccc1)c1ccccc1. The number of nitrogens with one attached hydrogen (secondary N) is 1. The Balaban J connectivity index is 2.11. The van der Waals surface area contributed by atoms with E-state index in [1.807, 2.05) is 50.2 Å². The van der Waals surface area contributed by atoms with Gasteiger partial charge >= 0.3 is 5.97 Å². The van der Waals surface area contributed by atoms with Crippen LogP contribution in [0.5, 0.6) is 0 Å². The second kappa shape index (κ2) is 8.29. The van der Waals surface area contributed by atoms with Crippen molar-refractivity contribution in [3.05, 3.63) is 71.8 Å². The molecule has 0 aliphatic heterocycles. The number of carboxylic acid groups (broad SMARTS) is 1. The van der Waals surface area contributed by atoms with Crippen LogP contribution in [0.1, 0.15) is 36.8 Å². The summed E-state index contributed by atoms with van der Waals surface area (Å²) in [5.41, 5.74) is 1.63. The molecule has 0 heterocycles. The monoisotopic (exact) mass is 325 g/mol. The summed E-state index contributed by atoms with van der Waals surface area (Å²) >= 11 is 0. The molecule has 4 nitrogen and oxygen atoms in total. The molecule has 2 unspecified atom stereocenters. The minimum atomic E-state index is -0.942. The molecule has 0 saturated heterocycles. The van der Waals surface area contributed by atoms with Gasteiger partial charge in [0.15, 0.2) is 0 Å². The van der Waals surface area contributed by atoms with Crippen molar-refractivity contribution < 1.29 is 14.7 Å². The Kier molecular flexibility index (Phi) is 6.13. The molecule has 2 aromatic carbocycles. The van der Waals surface area contributed by atoms with Crippen molar-refractivity contribution in [1.82, 2.24) is 5.32 Å². The maximum Gasteiger partial charge on any atom is 0.312 e. The Morgan fingerprint density at radius 1 is 0.917 bits per heavy atom. The highest BCUT2D eigenvalue weighted by atomic mass is 16.4.